The summed E-state index contributed by atoms with van der Waals surface area (Å²) in [6.07, 6.45) is 3.48. The van der Waals surface area contributed by atoms with E-state index in [0.29, 0.717) is 5.69 Å². The maximum Gasteiger partial charge on any atom is 0.143 e. The van der Waals surface area contributed by atoms with Gasteiger partial charge in [-0.3, -0.25) is 0 Å². The summed E-state index contributed by atoms with van der Waals surface area (Å²) in [4.78, 5) is 0. The molecule has 4 heteroatoms. The van der Waals surface area contributed by atoms with Gasteiger partial charge in [-0.15, -0.1) is 0 Å². The Morgan fingerprint density at radius 2 is 1.80 bits per heavy atom. The summed E-state index contributed by atoms with van der Waals surface area (Å²) in [6, 6.07) is 16.1. The molecule has 0 spiro atoms. The summed E-state index contributed by atoms with van der Waals surface area (Å²) in [5.74, 6) is -0.540. The minimum Gasteiger partial charge on any atom is -0.239 e. The second-order valence-electron chi connectivity index (χ2n) is 4.29. The second kappa shape index (κ2) is 4.98. The number of rotatable bonds is 2. The molecule has 3 rings (SSSR count). The van der Waals surface area contributed by atoms with Crippen molar-refractivity contribution in [1.29, 1.82) is 5.26 Å². The first-order valence-electron chi connectivity index (χ1n) is 6.08. The van der Waals surface area contributed by atoms with E-state index >= 15 is 0 Å². The van der Waals surface area contributed by atoms with E-state index in [-0.39, 0.29) is 5.56 Å². The summed E-state index contributed by atoms with van der Waals surface area (Å²) >= 11 is 0. The largest absolute Gasteiger partial charge is 0.239 e. The summed E-state index contributed by atoms with van der Waals surface area (Å²) in [5, 5.41) is 13.3. The Morgan fingerprint density at radius 1 is 1.00 bits per heavy atom. The van der Waals surface area contributed by atoms with Crippen molar-refractivity contribution in [3.05, 3.63) is 72.3 Å². The molecule has 0 aliphatic carbocycles. The van der Waals surface area contributed by atoms with Crippen LogP contribution in [-0.4, -0.2) is 9.78 Å². The van der Waals surface area contributed by atoms with E-state index in [1.807, 2.05) is 36.4 Å². The molecule has 0 saturated carbocycles. The van der Waals surface area contributed by atoms with E-state index in [9.17, 15) is 4.39 Å². The van der Waals surface area contributed by atoms with Crippen molar-refractivity contribution in [2.45, 2.75) is 0 Å². The Kier molecular flexibility index (Phi) is 3.02. The van der Waals surface area contributed by atoms with Crippen molar-refractivity contribution in [2.24, 2.45) is 0 Å². The highest BCUT2D eigenvalue weighted by atomic mass is 19.1. The van der Waals surface area contributed by atoms with Crippen molar-refractivity contribution < 1.29 is 4.39 Å². The number of nitriles is 1. The van der Waals surface area contributed by atoms with E-state index in [2.05, 4.69) is 5.10 Å². The van der Waals surface area contributed by atoms with Gasteiger partial charge in [0.05, 0.1) is 11.9 Å². The lowest BCUT2D eigenvalue weighted by atomic mass is 10.1. The molecule has 20 heavy (non-hydrogen) atoms. The smallest absolute Gasteiger partial charge is 0.143 e. The normalized spacial score (nSPS) is 10.2. The third-order valence-corrected chi connectivity index (χ3v) is 3.04. The van der Waals surface area contributed by atoms with Crippen LogP contribution in [0.2, 0.25) is 0 Å². The van der Waals surface area contributed by atoms with Crippen LogP contribution >= 0.6 is 0 Å². The predicted octanol–water partition coefficient (Wildman–Crippen LogP) is 3.55. The standard InChI is InChI=1S/C16H10FN3/c17-15-7-4-8-16(14(15)9-18)20-11-13(10-19-20)12-5-2-1-3-6-12/h1-8,10-11H. The molecular weight excluding hydrogens is 253 g/mol. The summed E-state index contributed by atoms with van der Waals surface area (Å²) < 4.78 is 15.1. The van der Waals surface area contributed by atoms with E-state index < -0.39 is 5.82 Å². The predicted molar refractivity (Wildman–Crippen MR) is 73.7 cm³/mol. The van der Waals surface area contributed by atoms with E-state index in [1.165, 1.54) is 10.7 Å². The van der Waals surface area contributed by atoms with Gasteiger partial charge in [0.15, 0.2) is 0 Å². The van der Waals surface area contributed by atoms with Gasteiger partial charge in [0.25, 0.3) is 0 Å². The van der Waals surface area contributed by atoms with Crippen LogP contribution in [-0.2, 0) is 0 Å². The number of hydrogen-bond acceptors (Lipinski definition) is 2. The van der Waals surface area contributed by atoms with Crippen LogP contribution in [0.25, 0.3) is 16.8 Å². The first-order chi connectivity index (χ1) is 9.79. The fourth-order valence-electron chi connectivity index (χ4n) is 2.05. The van der Waals surface area contributed by atoms with Crippen LogP contribution in [0.15, 0.2) is 60.9 Å². The molecule has 0 atom stereocenters. The Labute approximate surface area is 115 Å². The van der Waals surface area contributed by atoms with Crippen LogP contribution in [0.5, 0.6) is 0 Å². The number of nitrogens with zero attached hydrogens (tertiary/aromatic N) is 3. The third-order valence-electron chi connectivity index (χ3n) is 3.04. The molecule has 3 aromatic rings. The SMILES string of the molecule is N#Cc1c(F)cccc1-n1cc(-c2ccccc2)cn1. The second-order valence-corrected chi connectivity index (χ2v) is 4.29. The van der Waals surface area contributed by atoms with Crippen LogP contribution in [0.4, 0.5) is 4.39 Å². The Bertz CT molecular complexity index is 785. The Hall–Kier alpha value is -2.93. The minimum absolute atomic E-state index is 0.00443. The number of aromatic nitrogens is 2. The zero-order valence-corrected chi connectivity index (χ0v) is 10.5. The molecule has 1 heterocycles. The van der Waals surface area contributed by atoms with Crippen molar-refractivity contribution in [3.8, 4) is 22.9 Å². The molecule has 0 bridgehead atoms. The molecule has 1 aromatic heterocycles. The van der Waals surface area contributed by atoms with Gasteiger partial charge in [-0.2, -0.15) is 10.4 Å². The van der Waals surface area contributed by atoms with Gasteiger partial charge >= 0.3 is 0 Å². The van der Waals surface area contributed by atoms with Crippen molar-refractivity contribution in [2.75, 3.05) is 0 Å². The van der Waals surface area contributed by atoms with E-state index in [0.717, 1.165) is 11.1 Å². The first kappa shape index (κ1) is 12.1. The van der Waals surface area contributed by atoms with Crippen molar-refractivity contribution in [3.63, 3.8) is 0 Å². The van der Waals surface area contributed by atoms with Gasteiger partial charge in [-0.1, -0.05) is 36.4 Å². The molecule has 0 aliphatic rings. The fraction of sp³-hybridized carbons (Fsp3) is 0. The van der Waals surface area contributed by atoms with Crippen molar-refractivity contribution in [1.82, 2.24) is 9.78 Å². The van der Waals surface area contributed by atoms with Crippen LogP contribution < -0.4 is 0 Å². The highest BCUT2D eigenvalue weighted by Gasteiger charge is 2.11. The van der Waals surface area contributed by atoms with Crippen LogP contribution in [0.3, 0.4) is 0 Å². The maximum atomic E-state index is 13.6. The van der Waals surface area contributed by atoms with Crippen LogP contribution in [0, 0.1) is 17.1 Å². The number of benzene rings is 2. The molecule has 0 N–H and O–H groups in total. The molecule has 3 nitrogen and oxygen atoms in total. The number of halogens is 1. The molecule has 96 valence electrons. The summed E-state index contributed by atoms with van der Waals surface area (Å²) in [5.41, 5.74) is 2.37. The van der Waals surface area contributed by atoms with Crippen LogP contribution in [0.1, 0.15) is 5.56 Å². The average Bonchev–Trinajstić information content (AvgIpc) is 2.97. The molecule has 0 fully saturated rings. The van der Waals surface area contributed by atoms with E-state index in [1.54, 1.807) is 24.5 Å². The molecule has 0 unspecified atom stereocenters. The topological polar surface area (TPSA) is 41.6 Å². The van der Waals surface area contributed by atoms with Gasteiger partial charge in [0.2, 0.25) is 0 Å². The summed E-state index contributed by atoms with van der Waals surface area (Å²) in [6.45, 7) is 0. The Morgan fingerprint density at radius 3 is 2.55 bits per heavy atom. The lowest BCUT2D eigenvalue weighted by molar-refractivity contribution is 0.621. The molecule has 0 radical (unpaired) electrons. The molecule has 0 aliphatic heterocycles. The molecule has 2 aromatic carbocycles. The van der Waals surface area contributed by atoms with Crippen molar-refractivity contribution >= 4 is 0 Å². The lowest BCUT2D eigenvalue weighted by Gasteiger charge is -2.04. The fourth-order valence-corrected chi connectivity index (χ4v) is 2.05. The van der Waals surface area contributed by atoms with Gasteiger partial charge < -0.3 is 0 Å². The lowest BCUT2D eigenvalue weighted by Crippen LogP contribution is -1.99. The quantitative estimate of drug-likeness (QED) is 0.709. The third kappa shape index (κ3) is 2.06. The van der Waals surface area contributed by atoms with Gasteiger partial charge in [0.1, 0.15) is 17.4 Å². The molecule has 0 amide bonds. The van der Waals surface area contributed by atoms with E-state index in [4.69, 9.17) is 5.26 Å². The molecular formula is C16H10FN3. The zero-order chi connectivity index (χ0) is 13.9. The number of hydrogen-bond donors (Lipinski definition) is 0. The average molecular weight is 263 g/mol. The highest BCUT2D eigenvalue weighted by molar-refractivity contribution is 5.62. The van der Waals surface area contributed by atoms with Gasteiger partial charge in [0, 0.05) is 11.8 Å². The maximum absolute atomic E-state index is 13.6. The first-order valence-corrected chi connectivity index (χ1v) is 6.08. The van der Waals surface area contributed by atoms with Gasteiger partial charge in [-0.05, 0) is 17.7 Å². The van der Waals surface area contributed by atoms with Gasteiger partial charge in [-0.25, -0.2) is 9.07 Å². The highest BCUT2D eigenvalue weighted by Crippen LogP contribution is 2.22. The monoisotopic (exact) mass is 263 g/mol. The zero-order valence-electron chi connectivity index (χ0n) is 10.5. The summed E-state index contributed by atoms with van der Waals surface area (Å²) in [7, 11) is 0. The molecule has 0 saturated heterocycles. The Balaban J connectivity index is 2.08. The minimum atomic E-state index is -0.540.